The Kier molecular flexibility index (Phi) is 3.84. The Morgan fingerprint density at radius 2 is 2.19 bits per heavy atom. The van der Waals surface area contributed by atoms with Crippen molar-refractivity contribution in [2.75, 3.05) is 5.32 Å². The molecule has 2 N–H and O–H groups in total. The summed E-state index contributed by atoms with van der Waals surface area (Å²) in [5, 5.41) is 33.1. The van der Waals surface area contributed by atoms with E-state index < -0.39 is 12.0 Å². The highest BCUT2D eigenvalue weighted by Gasteiger charge is 2.24. The molecule has 2 aromatic rings. The van der Waals surface area contributed by atoms with Crippen molar-refractivity contribution in [3.63, 3.8) is 0 Å². The molecular formula is C13H14N6O2. The zero-order valence-corrected chi connectivity index (χ0v) is 11.8. The van der Waals surface area contributed by atoms with Gasteiger partial charge in [0.25, 0.3) is 0 Å². The molecule has 0 aromatic carbocycles. The Labute approximate surface area is 121 Å². The Morgan fingerprint density at radius 3 is 2.71 bits per heavy atom. The molecule has 0 saturated carbocycles. The summed E-state index contributed by atoms with van der Waals surface area (Å²) in [6.45, 7) is 3.48. The third kappa shape index (κ3) is 2.81. The molecule has 1 unspecified atom stereocenters. The number of hydrogen-bond acceptors (Lipinski definition) is 6. The monoisotopic (exact) mass is 286 g/mol. The number of aliphatic carboxylic acids is 1. The van der Waals surface area contributed by atoms with Gasteiger partial charge >= 0.3 is 5.97 Å². The number of rotatable bonds is 4. The van der Waals surface area contributed by atoms with Crippen molar-refractivity contribution in [3.05, 3.63) is 34.8 Å². The van der Waals surface area contributed by atoms with Gasteiger partial charge in [-0.25, -0.2) is 4.79 Å². The van der Waals surface area contributed by atoms with Crippen LogP contribution in [0.3, 0.4) is 0 Å². The second-order valence-corrected chi connectivity index (χ2v) is 4.61. The minimum atomic E-state index is -1.09. The van der Waals surface area contributed by atoms with Crippen molar-refractivity contribution < 1.29 is 9.90 Å². The third-order valence-corrected chi connectivity index (χ3v) is 3.15. The number of aryl methyl sites for hydroxylation is 2. The predicted molar refractivity (Wildman–Crippen MR) is 73.4 cm³/mol. The van der Waals surface area contributed by atoms with Crippen molar-refractivity contribution in [3.8, 4) is 6.07 Å². The van der Waals surface area contributed by atoms with E-state index in [1.165, 1.54) is 10.9 Å². The first kappa shape index (κ1) is 14.5. The van der Waals surface area contributed by atoms with Gasteiger partial charge in [-0.2, -0.15) is 15.5 Å². The van der Waals surface area contributed by atoms with Gasteiger partial charge in [-0.1, -0.05) is 0 Å². The van der Waals surface area contributed by atoms with Gasteiger partial charge in [-0.3, -0.25) is 4.68 Å². The van der Waals surface area contributed by atoms with Crippen LogP contribution in [0.1, 0.15) is 28.4 Å². The topological polar surface area (TPSA) is 117 Å². The molecule has 8 nitrogen and oxygen atoms in total. The average Bonchev–Trinajstić information content (AvgIpc) is 2.86. The summed E-state index contributed by atoms with van der Waals surface area (Å²) < 4.78 is 1.50. The van der Waals surface area contributed by atoms with Crippen molar-refractivity contribution in [1.29, 1.82) is 5.26 Å². The molecule has 0 spiro atoms. The lowest BCUT2D eigenvalue weighted by Gasteiger charge is -2.15. The van der Waals surface area contributed by atoms with Crippen LogP contribution in [0.15, 0.2) is 12.4 Å². The quantitative estimate of drug-likeness (QED) is 0.858. The molecule has 2 rings (SSSR count). The number of nitriles is 1. The fourth-order valence-corrected chi connectivity index (χ4v) is 1.86. The van der Waals surface area contributed by atoms with E-state index in [1.807, 2.05) is 6.07 Å². The Balaban J connectivity index is 2.41. The summed E-state index contributed by atoms with van der Waals surface area (Å²) in [6, 6.07) is 0.973. The predicted octanol–water partition coefficient (Wildman–Crippen LogP) is 0.936. The highest BCUT2D eigenvalue weighted by Crippen LogP contribution is 2.23. The van der Waals surface area contributed by atoms with Gasteiger partial charge < -0.3 is 10.4 Å². The molecule has 0 aliphatic carbocycles. The first-order valence-electron chi connectivity index (χ1n) is 6.16. The van der Waals surface area contributed by atoms with Gasteiger partial charge in [0.2, 0.25) is 0 Å². The minimum Gasteiger partial charge on any atom is -0.479 e. The number of hydrogen-bond donors (Lipinski definition) is 2. The SMILES string of the molecule is Cc1nnc(NC(C(=O)O)c2cnn(C)c2)c(C#N)c1C. The molecule has 0 aliphatic rings. The first-order chi connectivity index (χ1) is 9.93. The van der Waals surface area contributed by atoms with Crippen LogP contribution in [-0.4, -0.2) is 31.1 Å². The first-order valence-corrected chi connectivity index (χ1v) is 6.16. The largest absolute Gasteiger partial charge is 0.479 e. The zero-order valence-electron chi connectivity index (χ0n) is 11.8. The van der Waals surface area contributed by atoms with E-state index in [4.69, 9.17) is 0 Å². The molecule has 0 bridgehead atoms. The van der Waals surface area contributed by atoms with E-state index in [0.717, 1.165) is 0 Å². The second kappa shape index (κ2) is 5.58. The van der Waals surface area contributed by atoms with Gasteiger partial charge in [0.15, 0.2) is 11.9 Å². The number of nitrogens with zero attached hydrogens (tertiary/aromatic N) is 5. The number of carboxylic acids is 1. The molecule has 21 heavy (non-hydrogen) atoms. The Hall–Kier alpha value is -2.95. The molecular weight excluding hydrogens is 272 g/mol. The van der Waals surface area contributed by atoms with Gasteiger partial charge in [-0.05, 0) is 19.4 Å². The van der Waals surface area contributed by atoms with E-state index in [-0.39, 0.29) is 11.4 Å². The summed E-state index contributed by atoms with van der Waals surface area (Å²) in [5.74, 6) is -0.941. The normalized spacial score (nSPS) is 11.7. The summed E-state index contributed by atoms with van der Waals surface area (Å²) >= 11 is 0. The van der Waals surface area contributed by atoms with Crippen LogP contribution in [-0.2, 0) is 11.8 Å². The van der Waals surface area contributed by atoms with Crippen molar-refractivity contribution >= 4 is 11.8 Å². The maximum absolute atomic E-state index is 11.4. The molecule has 0 amide bonds. The van der Waals surface area contributed by atoms with Crippen LogP contribution in [0.25, 0.3) is 0 Å². The fraction of sp³-hybridized carbons (Fsp3) is 0.308. The number of nitrogens with one attached hydrogen (secondary N) is 1. The van der Waals surface area contributed by atoms with E-state index in [9.17, 15) is 15.2 Å². The lowest BCUT2D eigenvalue weighted by molar-refractivity contribution is -0.138. The van der Waals surface area contributed by atoms with E-state index >= 15 is 0 Å². The summed E-state index contributed by atoms with van der Waals surface area (Å²) in [6.07, 6.45) is 3.04. The average molecular weight is 286 g/mol. The van der Waals surface area contributed by atoms with E-state index in [2.05, 4.69) is 20.6 Å². The second-order valence-electron chi connectivity index (χ2n) is 4.61. The number of anilines is 1. The molecule has 8 heteroatoms. The maximum Gasteiger partial charge on any atom is 0.330 e. The minimum absolute atomic E-state index is 0.150. The number of carboxylic acid groups (broad SMARTS) is 1. The smallest absolute Gasteiger partial charge is 0.330 e. The van der Waals surface area contributed by atoms with Gasteiger partial charge in [-0.15, -0.1) is 5.10 Å². The molecule has 0 fully saturated rings. The Bertz CT molecular complexity index is 731. The van der Waals surface area contributed by atoms with E-state index in [1.54, 1.807) is 27.1 Å². The van der Waals surface area contributed by atoms with Crippen LogP contribution in [0, 0.1) is 25.2 Å². The molecule has 0 radical (unpaired) electrons. The highest BCUT2D eigenvalue weighted by atomic mass is 16.4. The van der Waals surface area contributed by atoms with Gasteiger partial charge in [0, 0.05) is 18.8 Å². The summed E-state index contributed by atoms with van der Waals surface area (Å²) in [5.41, 5.74) is 2.06. The molecule has 1 atom stereocenters. The molecule has 108 valence electrons. The molecule has 0 saturated heterocycles. The summed E-state index contributed by atoms with van der Waals surface area (Å²) in [7, 11) is 1.69. The maximum atomic E-state index is 11.4. The van der Waals surface area contributed by atoms with Crippen molar-refractivity contribution in [1.82, 2.24) is 20.0 Å². The highest BCUT2D eigenvalue weighted by molar-refractivity contribution is 5.79. The van der Waals surface area contributed by atoms with Gasteiger partial charge in [0.1, 0.15) is 11.6 Å². The standard InChI is InChI=1S/C13H14N6O2/c1-7-8(2)17-18-12(10(7)4-14)16-11(13(20)21)9-5-15-19(3)6-9/h5-6,11H,1-3H3,(H,16,18)(H,20,21). The van der Waals surface area contributed by atoms with E-state index in [0.29, 0.717) is 16.8 Å². The lowest BCUT2D eigenvalue weighted by Crippen LogP contribution is -2.22. The third-order valence-electron chi connectivity index (χ3n) is 3.15. The van der Waals surface area contributed by atoms with Crippen LogP contribution in [0.4, 0.5) is 5.82 Å². The van der Waals surface area contributed by atoms with Crippen molar-refractivity contribution in [2.24, 2.45) is 7.05 Å². The van der Waals surface area contributed by atoms with Gasteiger partial charge in [0.05, 0.1) is 11.9 Å². The van der Waals surface area contributed by atoms with Crippen LogP contribution < -0.4 is 5.32 Å². The zero-order chi connectivity index (χ0) is 15.6. The number of aromatic nitrogens is 4. The summed E-state index contributed by atoms with van der Waals surface area (Å²) in [4.78, 5) is 11.4. The van der Waals surface area contributed by atoms with Crippen LogP contribution in [0.2, 0.25) is 0 Å². The fourth-order valence-electron chi connectivity index (χ4n) is 1.86. The van der Waals surface area contributed by atoms with Crippen molar-refractivity contribution in [2.45, 2.75) is 19.9 Å². The molecule has 2 heterocycles. The number of carbonyl (C=O) groups is 1. The lowest BCUT2D eigenvalue weighted by atomic mass is 10.1. The van der Waals surface area contributed by atoms with Crippen LogP contribution in [0.5, 0.6) is 0 Å². The Morgan fingerprint density at radius 1 is 1.48 bits per heavy atom. The molecule has 0 aliphatic heterocycles. The van der Waals surface area contributed by atoms with Crippen LogP contribution >= 0.6 is 0 Å². The molecule has 2 aromatic heterocycles.